The van der Waals surface area contributed by atoms with Crippen molar-refractivity contribution in [3.63, 3.8) is 0 Å². The molecule has 0 fully saturated rings. The molecular formula is C29H27BrN4O. The summed E-state index contributed by atoms with van der Waals surface area (Å²) >= 11 is 3.54. The Hall–Kier alpha value is -3.64. The van der Waals surface area contributed by atoms with E-state index < -0.39 is 0 Å². The topological polar surface area (TPSA) is 51.9 Å². The van der Waals surface area contributed by atoms with E-state index in [9.17, 15) is 4.79 Å². The fraction of sp³-hybridized carbons (Fsp3) is 0.172. The van der Waals surface area contributed by atoms with Crippen molar-refractivity contribution in [1.82, 2.24) is 14.3 Å². The van der Waals surface area contributed by atoms with E-state index in [4.69, 9.17) is 0 Å². The van der Waals surface area contributed by atoms with Crippen LogP contribution < -0.4 is 5.32 Å². The Bertz CT molecular complexity index is 1510. The van der Waals surface area contributed by atoms with Gasteiger partial charge in [0.1, 0.15) is 0 Å². The van der Waals surface area contributed by atoms with Crippen LogP contribution in [0.15, 0.2) is 83.5 Å². The van der Waals surface area contributed by atoms with Crippen LogP contribution in [0, 0.1) is 20.8 Å². The van der Waals surface area contributed by atoms with Gasteiger partial charge in [0.15, 0.2) is 5.82 Å². The third-order valence-electron chi connectivity index (χ3n) is 6.50. The summed E-state index contributed by atoms with van der Waals surface area (Å²) in [7, 11) is 0. The van der Waals surface area contributed by atoms with Crippen LogP contribution in [0.2, 0.25) is 0 Å². The van der Waals surface area contributed by atoms with Crippen LogP contribution >= 0.6 is 15.9 Å². The molecule has 1 amide bonds. The summed E-state index contributed by atoms with van der Waals surface area (Å²) in [6.07, 6.45) is 1.88. The number of carbonyl (C=O) groups excluding carboxylic acids is 1. The molecule has 2 aromatic heterocycles. The minimum absolute atomic E-state index is 0.180. The summed E-state index contributed by atoms with van der Waals surface area (Å²) in [6, 6.07) is 24.7. The number of carbonyl (C=O) groups is 1. The van der Waals surface area contributed by atoms with Crippen molar-refractivity contribution in [3.05, 3.63) is 117 Å². The Morgan fingerprint density at radius 3 is 2.37 bits per heavy atom. The Balaban J connectivity index is 1.37. The molecule has 0 saturated carbocycles. The summed E-state index contributed by atoms with van der Waals surface area (Å²) in [4.78, 5) is 13.1. The van der Waals surface area contributed by atoms with Gasteiger partial charge in [-0.05, 0) is 71.6 Å². The van der Waals surface area contributed by atoms with Crippen molar-refractivity contribution >= 4 is 38.6 Å². The van der Waals surface area contributed by atoms with Crippen LogP contribution in [0.3, 0.4) is 0 Å². The SMILES string of the molecule is Cc1ccc(Cn2cc(Br)c(NC(=O)c3ccc4c(c3)c(C)c(C)n4Cc3ccccc3)n2)cc1. The maximum Gasteiger partial charge on any atom is 0.256 e. The van der Waals surface area contributed by atoms with Crippen LogP contribution in [0.1, 0.15) is 38.3 Å². The molecule has 1 N–H and O–H groups in total. The molecule has 0 radical (unpaired) electrons. The molecule has 0 aliphatic carbocycles. The lowest BCUT2D eigenvalue weighted by Gasteiger charge is -2.09. The number of fused-ring (bicyclic) bond motifs is 1. The van der Waals surface area contributed by atoms with Gasteiger partial charge in [0.2, 0.25) is 0 Å². The van der Waals surface area contributed by atoms with E-state index in [1.54, 1.807) is 0 Å². The zero-order valence-electron chi connectivity index (χ0n) is 20.0. The van der Waals surface area contributed by atoms with E-state index >= 15 is 0 Å². The zero-order chi connectivity index (χ0) is 24.5. The highest BCUT2D eigenvalue weighted by atomic mass is 79.9. The molecule has 0 atom stereocenters. The average Bonchev–Trinajstić information content (AvgIpc) is 3.32. The number of hydrogen-bond acceptors (Lipinski definition) is 2. The Morgan fingerprint density at radius 2 is 1.63 bits per heavy atom. The number of anilines is 1. The summed E-state index contributed by atoms with van der Waals surface area (Å²) in [5.41, 5.74) is 7.76. The van der Waals surface area contributed by atoms with Crippen LogP contribution in [0.4, 0.5) is 5.82 Å². The number of nitrogens with one attached hydrogen (secondary N) is 1. The predicted molar refractivity (Wildman–Crippen MR) is 145 cm³/mol. The first-order valence-electron chi connectivity index (χ1n) is 11.6. The zero-order valence-corrected chi connectivity index (χ0v) is 21.6. The van der Waals surface area contributed by atoms with E-state index in [0.717, 1.165) is 27.5 Å². The van der Waals surface area contributed by atoms with Gasteiger partial charge in [-0.15, -0.1) is 0 Å². The third-order valence-corrected chi connectivity index (χ3v) is 7.08. The molecule has 0 aliphatic heterocycles. The first-order chi connectivity index (χ1) is 16.9. The molecular weight excluding hydrogens is 500 g/mol. The largest absolute Gasteiger partial charge is 0.340 e. The molecule has 35 heavy (non-hydrogen) atoms. The van der Waals surface area contributed by atoms with Crippen molar-refractivity contribution < 1.29 is 4.79 Å². The van der Waals surface area contributed by atoms with Crippen molar-refractivity contribution in [1.29, 1.82) is 0 Å². The maximum atomic E-state index is 13.1. The fourth-order valence-electron chi connectivity index (χ4n) is 4.38. The smallest absolute Gasteiger partial charge is 0.256 e. The van der Waals surface area contributed by atoms with Gasteiger partial charge in [-0.3, -0.25) is 9.48 Å². The molecule has 5 aromatic rings. The summed E-state index contributed by atoms with van der Waals surface area (Å²) in [5.74, 6) is 0.331. The summed E-state index contributed by atoms with van der Waals surface area (Å²) < 4.78 is 4.88. The minimum Gasteiger partial charge on any atom is -0.340 e. The van der Waals surface area contributed by atoms with E-state index in [1.807, 2.05) is 35.1 Å². The van der Waals surface area contributed by atoms with Gasteiger partial charge in [-0.25, -0.2) is 0 Å². The van der Waals surface area contributed by atoms with Gasteiger partial charge in [-0.2, -0.15) is 5.10 Å². The first-order valence-corrected chi connectivity index (χ1v) is 12.4. The molecule has 5 rings (SSSR count). The number of amides is 1. The van der Waals surface area contributed by atoms with Crippen LogP contribution in [-0.2, 0) is 13.1 Å². The van der Waals surface area contributed by atoms with E-state index in [0.29, 0.717) is 17.9 Å². The molecule has 0 unspecified atom stereocenters. The molecule has 2 heterocycles. The van der Waals surface area contributed by atoms with Crippen molar-refractivity contribution in [2.75, 3.05) is 5.32 Å². The standard InChI is InChI=1S/C29H27BrN4O/c1-19-9-11-23(12-10-19)16-33-18-26(30)28(32-33)31-29(35)24-13-14-27-25(15-24)20(2)21(3)34(27)17-22-7-5-4-6-8-22/h4-15,18H,16-17H2,1-3H3,(H,31,32,35). The number of aryl methyl sites for hydroxylation is 2. The van der Waals surface area contributed by atoms with Crippen LogP contribution in [0.25, 0.3) is 10.9 Å². The highest BCUT2D eigenvalue weighted by Crippen LogP contribution is 2.28. The number of aromatic nitrogens is 3. The second-order valence-corrected chi connectivity index (χ2v) is 9.83. The average molecular weight is 527 g/mol. The molecule has 0 aliphatic rings. The number of rotatable bonds is 6. The Kier molecular flexibility index (Phi) is 6.31. The quantitative estimate of drug-likeness (QED) is 0.262. The van der Waals surface area contributed by atoms with Crippen molar-refractivity contribution in [2.24, 2.45) is 0 Å². The monoisotopic (exact) mass is 526 g/mol. The Morgan fingerprint density at radius 1 is 0.914 bits per heavy atom. The maximum absolute atomic E-state index is 13.1. The molecule has 3 aromatic carbocycles. The van der Waals surface area contributed by atoms with Gasteiger partial charge < -0.3 is 9.88 Å². The lowest BCUT2D eigenvalue weighted by atomic mass is 10.1. The molecule has 0 bridgehead atoms. The second-order valence-electron chi connectivity index (χ2n) is 8.98. The summed E-state index contributed by atoms with van der Waals surface area (Å²) in [6.45, 7) is 7.75. The van der Waals surface area contributed by atoms with Crippen molar-refractivity contribution in [2.45, 2.75) is 33.9 Å². The fourth-order valence-corrected chi connectivity index (χ4v) is 4.80. The second kappa shape index (κ2) is 9.55. The van der Waals surface area contributed by atoms with Gasteiger partial charge in [0.05, 0.1) is 11.0 Å². The van der Waals surface area contributed by atoms with Gasteiger partial charge in [-0.1, -0.05) is 60.2 Å². The van der Waals surface area contributed by atoms with Gasteiger partial charge >= 0.3 is 0 Å². The highest BCUT2D eigenvalue weighted by Gasteiger charge is 2.16. The number of benzene rings is 3. The minimum atomic E-state index is -0.180. The number of nitrogens with zero attached hydrogens (tertiary/aromatic N) is 3. The first kappa shape index (κ1) is 23.1. The summed E-state index contributed by atoms with van der Waals surface area (Å²) in [5, 5.41) is 8.63. The van der Waals surface area contributed by atoms with Crippen LogP contribution in [-0.4, -0.2) is 20.3 Å². The normalized spacial score (nSPS) is 11.2. The predicted octanol–water partition coefficient (Wildman–Crippen LogP) is 6.87. The van der Waals surface area contributed by atoms with Crippen LogP contribution in [0.5, 0.6) is 0 Å². The molecule has 0 spiro atoms. The molecule has 5 nitrogen and oxygen atoms in total. The lowest BCUT2D eigenvalue weighted by Crippen LogP contribution is -2.13. The van der Waals surface area contributed by atoms with Crippen molar-refractivity contribution in [3.8, 4) is 0 Å². The molecule has 176 valence electrons. The van der Waals surface area contributed by atoms with E-state index in [2.05, 4.69) is 100 Å². The van der Waals surface area contributed by atoms with E-state index in [-0.39, 0.29) is 5.91 Å². The van der Waals surface area contributed by atoms with Gasteiger partial charge in [0, 0.05) is 34.9 Å². The number of hydrogen-bond donors (Lipinski definition) is 1. The number of halogens is 1. The third kappa shape index (κ3) is 4.80. The lowest BCUT2D eigenvalue weighted by molar-refractivity contribution is 0.102. The van der Waals surface area contributed by atoms with E-state index in [1.165, 1.54) is 22.4 Å². The molecule has 6 heteroatoms. The Labute approximate surface area is 213 Å². The highest BCUT2D eigenvalue weighted by molar-refractivity contribution is 9.10. The van der Waals surface area contributed by atoms with Gasteiger partial charge in [0.25, 0.3) is 5.91 Å². The molecule has 0 saturated heterocycles.